The number of methoxy groups -OCH3 is 1. The quantitative estimate of drug-likeness (QED) is 0.435. The lowest BCUT2D eigenvalue weighted by Gasteiger charge is -2.28. The van der Waals surface area contributed by atoms with Gasteiger partial charge in [0, 0.05) is 30.7 Å². The number of halogens is 1. The number of aromatic nitrogens is 3. The first-order valence-electron chi connectivity index (χ1n) is 10.3. The second-order valence-electron chi connectivity index (χ2n) is 7.85. The standard InChI is InChI=1S/C24H22BrN3O4/c1-26-20-18(23(29)27(2)24(26)30)19(14-6-4-8-16(25)12-14)28-10-11-32-22(21(20)28)15-7-5-9-17(13-15)31-3/h4-9,12-13,22H,10-11H2,1-3H3. The molecule has 0 aliphatic carbocycles. The van der Waals surface area contributed by atoms with Gasteiger partial charge in [-0.2, -0.15) is 0 Å². The molecule has 0 saturated heterocycles. The Morgan fingerprint density at radius 3 is 2.59 bits per heavy atom. The van der Waals surface area contributed by atoms with Crippen LogP contribution in [0.2, 0.25) is 0 Å². The molecule has 4 aromatic rings. The fourth-order valence-electron chi connectivity index (χ4n) is 4.57. The molecule has 1 aliphatic heterocycles. The van der Waals surface area contributed by atoms with Gasteiger partial charge in [0.15, 0.2) is 0 Å². The molecule has 0 amide bonds. The third kappa shape index (κ3) is 3.05. The van der Waals surface area contributed by atoms with Gasteiger partial charge >= 0.3 is 5.69 Å². The maximum absolute atomic E-state index is 13.4. The van der Waals surface area contributed by atoms with Crippen molar-refractivity contribution in [3.05, 3.63) is 85.1 Å². The van der Waals surface area contributed by atoms with Gasteiger partial charge in [-0.3, -0.25) is 13.9 Å². The van der Waals surface area contributed by atoms with Crippen molar-refractivity contribution in [2.24, 2.45) is 14.1 Å². The van der Waals surface area contributed by atoms with E-state index in [1.807, 2.05) is 48.5 Å². The summed E-state index contributed by atoms with van der Waals surface area (Å²) in [6, 6.07) is 15.5. The highest BCUT2D eigenvalue weighted by atomic mass is 79.9. The summed E-state index contributed by atoms with van der Waals surface area (Å²) in [5, 5.41) is 0.515. The van der Waals surface area contributed by atoms with Gasteiger partial charge in [0.25, 0.3) is 5.56 Å². The molecular weight excluding hydrogens is 474 g/mol. The number of ether oxygens (including phenoxy) is 2. The van der Waals surface area contributed by atoms with E-state index in [0.29, 0.717) is 24.1 Å². The maximum Gasteiger partial charge on any atom is 0.331 e. The number of benzene rings is 2. The van der Waals surface area contributed by atoms with Crippen LogP contribution in [0.3, 0.4) is 0 Å². The molecule has 1 unspecified atom stereocenters. The summed E-state index contributed by atoms with van der Waals surface area (Å²) in [5.74, 6) is 0.719. The van der Waals surface area contributed by atoms with Crippen LogP contribution in [0, 0.1) is 0 Å². The third-order valence-electron chi connectivity index (χ3n) is 6.05. The number of rotatable bonds is 3. The molecule has 0 fully saturated rings. The summed E-state index contributed by atoms with van der Waals surface area (Å²) in [4.78, 5) is 26.3. The number of hydrogen-bond donors (Lipinski definition) is 0. The van der Waals surface area contributed by atoms with Crippen molar-refractivity contribution in [1.29, 1.82) is 0 Å². The first kappa shape index (κ1) is 20.8. The van der Waals surface area contributed by atoms with Crippen LogP contribution in [-0.4, -0.2) is 27.4 Å². The van der Waals surface area contributed by atoms with Gasteiger partial charge < -0.3 is 14.0 Å². The van der Waals surface area contributed by atoms with Crippen LogP contribution in [0.15, 0.2) is 62.6 Å². The zero-order valence-corrected chi connectivity index (χ0v) is 19.5. The predicted octanol–water partition coefficient (Wildman–Crippen LogP) is 3.60. The fraction of sp³-hybridized carbons (Fsp3) is 0.250. The largest absolute Gasteiger partial charge is 0.497 e. The van der Waals surface area contributed by atoms with Crippen LogP contribution < -0.4 is 16.0 Å². The molecular formula is C24H22BrN3O4. The molecule has 0 N–H and O–H groups in total. The maximum atomic E-state index is 13.4. The van der Waals surface area contributed by atoms with Gasteiger partial charge in [0.1, 0.15) is 11.9 Å². The fourth-order valence-corrected chi connectivity index (χ4v) is 4.97. The van der Waals surface area contributed by atoms with E-state index >= 15 is 0 Å². The van der Waals surface area contributed by atoms with E-state index in [0.717, 1.165) is 37.3 Å². The number of nitrogens with zero attached hydrogens (tertiary/aromatic N) is 3. The average Bonchev–Trinajstić information content (AvgIpc) is 3.17. The van der Waals surface area contributed by atoms with Crippen LogP contribution in [0.5, 0.6) is 5.75 Å². The van der Waals surface area contributed by atoms with Crippen LogP contribution >= 0.6 is 15.9 Å². The van der Waals surface area contributed by atoms with Crippen molar-refractivity contribution in [3.63, 3.8) is 0 Å². The summed E-state index contributed by atoms with van der Waals surface area (Å²) >= 11 is 3.54. The second kappa shape index (κ2) is 7.79. The van der Waals surface area contributed by atoms with E-state index in [4.69, 9.17) is 9.47 Å². The van der Waals surface area contributed by atoms with Crippen LogP contribution in [0.1, 0.15) is 17.4 Å². The average molecular weight is 496 g/mol. The number of hydrogen-bond acceptors (Lipinski definition) is 4. The minimum atomic E-state index is -0.444. The van der Waals surface area contributed by atoms with Gasteiger partial charge in [0.2, 0.25) is 0 Å². The molecule has 5 rings (SSSR count). The monoisotopic (exact) mass is 495 g/mol. The van der Waals surface area contributed by atoms with Crippen molar-refractivity contribution >= 4 is 26.8 Å². The van der Waals surface area contributed by atoms with Gasteiger partial charge in [-0.15, -0.1) is 0 Å². The van der Waals surface area contributed by atoms with Gasteiger partial charge in [-0.05, 0) is 29.8 Å². The molecule has 0 saturated carbocycles. The van der Waals surface area contributed by atoms with Crippen molar-refractivity contribution in [3.8, 4) is 17.0 Å². The molecule has 0 bridgehead atoms. The molecule has 164 valence electrons. The molecule has 3 heterocycles. The molecule has 0 spiro atoms. The topological polar surface area (TPSA) is 67.4 Å². The Balaban J connectivity index is 1.93. The lowest BCUT2D eigenvalue weighted by molar-refractivity contribution is 0.0477. The molecule has 32 heavy (non-hydrogen) atoms. The van der Waals surface area contributed by atoms with Gasteiger partial charge in [-0.1, -0.05) is 40.2 Å². The molecule has 1 aliphatic rings. The summed E-state index contributed by atoms with van der Waals surface area (Å²) in [6.07, 6.45) is -0.444. The summed E-state index contributed by atoms with van der Waals surface area (Å²) in [7, 11) is 4.84. The highest BCUT2D eigenvalue weighted by Crippen LogP contribution is 2.41. The Hall–Kier alpha value is -3.10. The zero-order chi connectivity index (χ0) is 22.6. The highest BCUT2D eigenvalue weighted by molar-refractivity contribution is 9.10. The van der Waals surface area contributed by atoms with Crippen molar-refractivity contribution < 1.29 is 9.47 Å². The minimum Gasteiger partial charge on any atom is -0.497 e. The Morgan fingerprint density at radius 2 is 1.84 bits per heavy atom. The predicted molar refractivity (Wildman–Crippen MR) is 126 cm³/mol. The SMILES string of the molecule is COc1cccc(C2OCCn3c(-c4cccc(Br)c4)c4c(=O)n(C)c(=O)n(C)c4c32)c1. The van der Waals surface area contributed by atoms with Gasteiger partial charge in [0.05, 0.1) is 36.0 Å². The molecule has 1 atom stereocenters. The minimum absolute atomic E-state index is 0.315. The normalized spacial score (nSPS) is 15.7. The molecule has 2 aromatic carbocycles. The summed E-state index contributed by atoms with van der Waals surface area (Å²) < 4.78 is 17.4. The molecule has 7 nitrogen and oxygen atoms in total. The van der Waals surface area contributed by atoms with Crippen molar-refractivity contribution in [1.82, 2.24) is 13.7 Å². The summed E-state index contributed by atoms with van der Waals surface area (Å²) in [6.45, 7) is 1.05. The van der Waals surface area contributed by atoms with Crippen molar-refractivity contribution in [2.75, 3.05) is 13.7 Å². The first-order valence-corrected chi connectivity index (χ1v) is 11.0. The Labute approximate surface area is 192 Å². The Kier molecular flexibility index (Phi) is 5.06. The van der Waals surface area contributed by atoms with E-state index < -0.39 is 6.10 Å². The van der Waals surface area contributed by atoms with Gasteiger partial charge in [-0.25, -0.2) is 4.79 Å². The Morgan fingerprint density at radius 1 is 1.06 bits per heavy atom. The highest BCUT2D eigenvalue weighted by Gasteiger charge is 2.33. The van der Waals surface area contributed by atoms with Crippen molar-refractivity contribution in [2.45, 2.75) is 12.6 Å². The van der Waals surface area contributed by atoms with E-state index in [1.54, 1.807) is 18.7 Å². The van der Waals surface area contributed by atoms with Crippen LogP contribution in [0.4, 0.5) is 0 Å². The smallest absolute Gasteiger partial charge is 0.331 e. The number of fused-ring (bicyclic) bond motifs is 3. The second-order valence-corrected chi connectivity index (χ2v) is 8.77. The third-order valence-corrected chi connectivity index (χ3v) is 6.54. The first-order chi connectivity index (χ1) is 15.4. The van der Waals surface area contributed by atoms with Crippen LogP contribution in [0.25, 0.3) is 22.2 Å². The van der Waals surface area contributed by atoms with E-state index in [9.17, 15) is 9.59 Å². The number of aryl methyl sites for hydroxylation is 1. The van der Waals surface area contributed by atoms with Crippen LogP contribution in [-0.2, 0) is 25.4 Å². The lowest BCUT2D eigenvalue weighted by Crippen LogP contribution is -2.37. The lowest BCUT2D eigenvalue weighted by atomic mass is 10.0. The molecule has 0 radical (unpaired) electrons. The summed E-state index contributed by atoms with van der Waals surface area (Å²) in [5.41, 5.74) is 3.31. The van der Waals surface area contributed by atoms with E-state index in [1.165, 1.54) is 7.05 Å². The van der Waals surface area contributed by atoms with E-state index in [-0.39, 0.29) is 11.2 Å². The zero-order valence-electron chi connectivity index (χ0n) is 18.0. The molecule has 2 aromatic heterocycles. The molecule has 8 heteroatoms. The Bertz CT molecular complexity index is 1480. The van der Waals surface area contributed by atoms with E-state index in [2.05, 4.69) is 20.5 Å².